The minimum Gasteiger partial charge on any atom is -0.441 e. The molecule has 122 valence electrons. The molecule has 0 radical (unpaired) electrons. The van der Waals surface area contributed by atoms with Gasteiger partial charge in [-0.1, -0.05) is 43.0 Å². The lowest BCUT2D eigenvalue weighted by Crippen LogP contribution is -2.20. The average Bonchev–Trinajstić information content (AvgIpc) is 2.95. The first-order valence-electron chi connectivity index (χ1n) is 6.82. The van der Waals surface area contributed by atoms with E-state index >= 15 is 0 Å². The van der Waals surface area contributed by atoms with E-state index in [9.17, 15) is 13.6 Å². The van der Waals surface area contributed by atoms with Gasteiger partial charge in [0, 0.05) is 0 Å². The van der Waals surface area contributed by atoms with Crippen LogP contribution in [0.4, 0.5) is 8.78 Å². The van der Waals surface area contributed by atoms with Gasteiger partial charge in [-0.3, -0.25) is 9.18 Å². The van der Waals surface area contributed by atoms with Crippen molar-refractivity contribution in [2.24, 2.45) is 17.3 Å². The van der Waals surface area contributed by atoms with Gasteiger partial charge in [0.25, 0.3) is 0 Å². The monoisotopic (exact) mass is 350 g/mol. The quantitative estimate of drug-likeness (QED) is 0.511. The number of carbonyl (C=O) groups excluding carboxylic acids is 1. The molecule has 3 atom stereocenters. The molecule has 22 heavy (non-hydrogen) atoms. The average molecular weight is 351 g/mol. The topological polar surface area (TPSA) is 26.3 Å². The first-order valence-corrected chi connectivity index (χ1v) is 7.58. The van der Waals surface area contributed by atoms with Gasteiger partial charge in [0.05, 0.1) is 12.6 Å². The Morgan fingerprint density at radius 1 is 1.45 bits per heavy atom. The third kappa shape index (κ3) is 4.72. The van der Waals surface area contributed by atoms with E-state index in [4.69, 9.17) is 27.9 Å². The number of hydrogen-bond acceptors (Lipinski definition) is 2. The highest BCUT2D eigenvalue weighted by Gasteiger charge is 2.62. The molecule has 1 rings (SSSR count). The van der Waals surface area contributed by atoms with Crippen LogP contribution in [0.2, 0.25) is 0 Å². The standard InChI is InChI=1S/C16H18Cl2F2O2/c1-4-6-12(11(20)7-5-8-19)22-15(21)14-10(9-13(17)18)16(14,2)3/h7,9-10,12,14H,5,8H2,1-3H3. The highest BCUT2D eigenvalue weighted by Crippen LogP contribution is 2.60. The highest BCUT2D eigenvalue weighted by atomic mass is 35.5. The van der Waals surface area contributed by atoms with Gasteiger partial charge in [-0.05, 0) is 36.8 Å². The van der Waals surface area contributed by atoms with Gasteiger partial charge in [0.1, 0.15) is 10.3 Å². The van der Waals surface area contributed by atoms with Gasteiger partial charge in [0.2, 0.25) is 6.10 Å². The predicted molar refractivity (Wildman–Crippen MR) is 83.7 cm³/mol. The lowest BCUT2D eigenvalue weighted by Gasteiger charge is -2.11. The Hall–Kier alpha value is -1.05. The van der Waals surface area contributed by atoms with Gasteiger partial charge in [-0.25, -0.2) is 4.39 Å². The molecule has 1 saturated carbocycles. The Kier molecular flexibility index (Phi) is 6.90. The first-order chi connectivity index (χ1) is 10.3. The second-order valence-corrected chi connectivity index (χ2v) is 6.57. The fourth-order valence-electron chi connectivity index (χ4n) is 2.35. The van der Waals surface area contributed by atoms with Crippen molar-refractivity contribution in [3.63, 3.8) is 0 Å². The van der Waals surface area contributed by atoms with Gasteiger partial charge in [-0.15, -0.1) is 5.92 Å². The van der Waals surface area contributed by atoms with Crippen molar-refractivity contribution < 1.29 is 18.3 Å². The van der Waals surface area contributed by atoms with Crippen molar-refractivity contribution in [1.82, 2.24) is 0 Å². The molecule has 0 amide bonds. The van der Waals surface area contributed by atoms with Crippen LogP contribution in [-0.4, -0.2) is 18.7 Å². The third-order valence-corrected chi connectivity index (χ3v) is 3.93. The molecule has 0 aromatic carbocycles. The summed E-state index contributed by atoms with van der Waals surface area (Å²) in [6.07, 6.45) is 1.21. The summed E-state index contributed by atoms with van der Waals surface area (Å²) in [6.45, 7) is 4.55. The van der Waals surface area contributed by atoms with Crippen LogP contribution in [-0.2, 0) is 9.53 Å². The third-order valence-electron chi connectivity index (χ3n) is 3.68. The van der Waals surface area contributed by atoms with E-state index < -0.39 is 30.5 Å². The van der Waals surface area contributed by atoms with Crippen molar-refractivity contribution in [1.29, 1.82) is 0 Å². The predicted octanol–water partition coefficient (Wildman–Crippen LogP) is 4.73. The fraction of sp³-hybridized carbons (Fsp3) is 0.562. The maximum Gasteiger partial charge on any atom is 0.311 e. The second kappa shape index (κ2) is 7.99. The van der Waals surface area contributed by atoms with Gasteiger partial charge >= 0.3 is 5.97 Å². The number of esters is 1. The number of alkyl halides is 1. The maximum absolute atomic E-state index is 13.8. The van der Waals surface area contributed by atoms with Crippen molar-refractivity contribution in [3.8, 4) is 11.8 Å². The molecular formula is C16H18Cl2F2O2. The molecule has 2 nitrogen and oxygen atoms in total. The molecule has 0 N–H and O–H groups in total. The number of rotatable bonds is 6. The zero-order valence-electron chi connectivity index (χ0n) is 12.6. The van der Waals surface area contributed by atoms with E-state index in [1.807, 2.05) is 13.8 Å². The van der Waals surface area contributed by atoms with Crippen molar-refractivity contribution in [2.45, 2.75) is 33.3 Å². The first kappa shape index (κ1) is 19.0. The summed E-state index contributed by atoms with van der Waals surface area (Å²) in [5.74, 6) is 2.99. The van der Waals surface area contributed by atoms with E-state index in [1.54, 1.807) is 6.08 Å². The Morgan fingerprint density at radius 2 is 2.09 bits per heavy atom. The molecule has 0 aromatic rings. The zero-order chi connectivity index (χ0) is 16.9. The zero-order valence-corrected chi connectivity index (χ0v) is 14.1. The molecule has 0 aromatic heterocycles. The van der Waals surface area contributed by atoms with Crippen LogP contribution in [0.15, 0.2) is 22.5 Å². The van der Waals surface area contributed by atoms with E-state index in [-0.39, 0.29) is 22.2 Å². The van der Waals surface area contributed by atoms with Crippen molar-refractivity contribution in [2.75, 3.05) is 6.67 Å². The molecule has 1 aliphatic carbocycles. The van der Waals surface area contributed by atoms with Crippen LogP contribution < -0.4 is 0 Å². The normalized spacial score (nSPS) is 23.9. The lowest BCUT2D eigenvalue weighted by molar-refractivity contribution is -0.148. The molecule has 0 saturated heterocycles. The van der Waals surface area contributed by atoms with Crippen molar-refractivity contribution in [3.05, 3.63) is 22.5 Å². The highest BCUT2D eigenvalue weighted by molar-refractivity contribution is 6.55. The largest absolute Gasteiger partial charge is 0.441 e. The summed E-state index contributed by atoms with van der Waals surface area (Å²) < 4.78 is 31.1. The van der Waals surface area contributed by atoms with Crippen molar-refractivity contribution >= 4 is 29.2 Å². The molecule has 0 aliphatic heterocycles. The Bertz CT molecular complexity index is 540. The molecule has 1 fully saturated rings. The minimum atomic E-state index is -1.31. The number of ether oxygens (including phenoxy) is 1. The second-order valence-electron chi connectivity index (χ2n) is 5.56. The summed E-state index contributed by atoms with van der Waals surface area (Å²) in [4.78, 5) is 12.2. The van der Waals surface area contributed by atoms with E-state index in [1.165, 1.54) is 6.92 Å². The number of allylic oxidation sites excluding steroid dienone is 2. The molecule has 6 heteroatoms. The van der Waals surface area contributed by atoms with Gasteiger partial charge in [0.15, 0.2) is 0 Å². The van der Waals surface area contributed by atoms with Gasteiger partial charge in [-0.2, -0.15) is 0 Å². The summed E-state index contributed by atoms with van der Waals surface area (Å²) >= 11 is 11.2. The number of hydrogen-bond donors (Lipinski definition) is 0. The van der Waals surface area contributed by atoms with Crippen LogP contribution in [0.5, 0.6) is 0 Å². The number of carbonyl (C=O) groups is 1. The molecule has 3 unspecified atom stereocenters. The minimum absolute atomic E-state index is 0.0762. The Labute approximate surface area is 139 Å². The van der Waals surface area contributed by atoms with E-state index in [0.29, 0.717) is 0 Å². The molecular weight excluding hydrogens is 333 g/mol. The van der Waals surface area contributed by atoms with Crippen LogP contribution >= 0.6 is 23.2 Å². The Balaban J connectivity index is 2.81. The smallest absolute Gasteiger partial charge is 0.311 e. The molecule has 0 bridgehead atoms. The van der Waals surface area contributed by atoms with Crippen LogP contribution in [0.3, 0.4) is 0 Å². The van der Waals surface area contributed by atoms with Crippen LogP contribution in [0, 0.1) is 29.1 Å². The number of halogens is 4. The SMILES string of the molecule is CC#CC(OC(=O)C1C(C=C(Cl)Cl)C1(C)C)C(F)=CCCF. The summed E-state index contributed by atoms with van der Waals surface area (Å²) in [5.41, 5.74) is -0.366. The fourth-order valence-corrected chi connectivity index (χ4v) is 2.62. The van der Waals surface area contributed by atoms with Crippen LogP contribution in [0.25, 0.3) is 0 Å². The molecule has 1 aliphatic rings. The van der Waals surface area contributed by atoms with E-state index in [2.05, 4.69) is 11.8 Å². The summed E-state index contributed by atoms with van der Waals surface area (Å²) in [7, 11) is 0. The van der Waals surface area contributed by atoms with Gasteiger partial charge < -0.3 is 4.74 Å². The Morgan fingerprint density at radius 3 is 2.59 bits per heavy atom. The maximum atomic E-state index is 13.8. The summed E-state index contributed by atoms with van der Waals surface area (Å²) in [5, 5.41) is 0. The lowest BCUT2D eigenvalue weighted by atomic mass is 10.1. The summed E-state index contributed by atoms with van der Waals surface area (Å²) in [6, 6.07) is 0. The molecule has 0 spiro atoms. The van der Waals surface area contributed by atoms with E-state index in [0.717, 1.165) is 6.08 Å². The van der Waals surface area contributed by atoms with Crippen LogP contribution in [0.1, 0.15) is 27.2 Å². The molecule has 0 heterocycles.